The van der Waals surface area contributed by atoms with Gasteiger partial charge in [-0.15, -0.1) is 11.3 Å². The Morgan fingerprint density at radius 3 is 1.53 bits per heavy atom. The van der Waals surface area contributed by atoms with Gasteiger partial charge < -0.3 is 0 Å². The van der Waals surface area contributed by atoms with Crippen LogP contribution in [0.25, 0.3) is 87.0 Å². The van der Waals surface area contributed by atoms with Gasteiger partial charge in [-0.05, 0) is 75.1 Å². The Bertz CT molecular complexity index is 2550. The van der Waals surface area contributed by atoms with Crippen molar-refractivity contribution in [3.63, 3.8) is 0 Å². The Balaban J connectivity index is 1.21. The summed E-state index contributed by atoms with van der Waals surface area (Å²) in [6.45, 7) is 0. The summed E-state index contributed by atoms with van der Waals surface area (Å²) < 4.78 is 2.54. The molecule has 0 atom stereocenters. The Hall–Kier alpha value is -5.71. The van der Waals surface area contributed by atoms with E-state index in [2.05, 4.69) is 146 Å². The summed E-state index contributed by atoms with van der Waals surface area (Å²) in [6.07, 6.45) is 0. The van der Waals surface area contributed by atoms with Crippen LogP contribution in [-0.4, -0.2) is 15.0 Å². The Labute approximate surface area is 264 Å². The fourth-order valence-corrected chi connectivity index (χ4v) is 7.24. The predicted molar refractivity (Wildman–Crippen MR) is 189 cm³/mol. The van der Waals surface area contributed by atoms with E-state index in [9.17, 15) is 0 Å². The molecule has 0 bridgehead atoms. The van der Waals surface area contributed by atoms with Gasteiger partial charge in [0.1, 0.15) is 0 Å². The second-order valence-electron chi connectivity index (χ2n) is 11.3. The molecule has 0 unspecified atom stereocenters. The van der Waals surface area contributed by atoms with Gasteiger partial charge in [-0.25, -0.2) is 15.0 Å². The van der Waals surface area contributed by atoms with Crippen LogP contribution in [-0.2, 0) is 0 Å². The van der Waals surface area contributed by atoms with Crippen LogP contribution < -0.4 is 0 Å². The molecule has 210 valence electrons. The van der Waals surface area contributed by atoms with Crippen LogP contribution in [0, 0.1) is 0 Å². The highest BCUT2D eigenvalue weighted by atomic mass is 32.1. The number of hydrogen-bond donors (Lipinski definition) is 0. The third-order valence-electron chi connectivity index (χ3n) is 8.48. The minimum Gasteiger partial charge on any atom is -0.208 e. The lowest BCUT2D eigenvalue weighted by Gasteiger charge is -2.10. The SMILES string of the molecule is c1ccc(-c2ccc3cc(-c4nc(-c5ccc6ccccc6c5)nc(-c5ccc6sc7ccccc7c6c5)n4)ccc3c2)cc1. The van der Waals surface area contributed by atoms with Gasteiger partial charge in [-0.3, -0.25) is 0 Å². The molecular weight excluding hydrogens is 567 g/mol. The minimum absolute atomic E-state index is 0.660. The van der Waals surface area contributed by atoms with Crippen molar-refractivity contribution in [3.05, 3.63) is 152 Å². The maximum absolute atomic E-state index is 5.09. The number of rotatable bonds is 4. The van der Waals surface area contributed by atoms with E-state index >= 15 is 0 Å². The Morgan fingerprint density at radius 2 is 0.800 bits per heavy atom. The van der Waals surface area contributed by atoms with Crippen LogP contribution in [0.3, 0.4) is 0 Å². The lowest BCUT2D eigenvalue weighted by atomic mass is 10.00. The molecule has 9 rings (SSSR count). The van der Waals surface area contributed by atoms with Crippen LogP contribution in [0.2, 0.25) is 0 Å². The molecule has 0 aliphatic rings. The van der Waals surface area contributed by atoms with E-state index in [-0.39, 0.29) is 0 Å². The molecule has 0 saturated carbocycles. The van der Waals surface area contributed by atoms with E-state index in [1.807, 2.05) is 17.4 Å². The van der Waals surface area contributed by atoms with E-state index in [1.54, 1.807) is 0 Å². The summed E-state index contributed by atoms with van der Waals surface area (Å²) in [5.41, 5.74) is 5.32. The van der Waals surface area contributed by atoms with Crippen LogP contribution in [0.15, 0.2) is 152 Å². The third kappa shape index (κ3) is 4.64. The zero-order valence-electron chi connectivity index (χ0n) is 24.2. The zero-order chi connectivity index (χ0) is 29.7. The molecule has 4 heteroatoms. The fraction of sp³-hybridized carbons (Fsp3) is 0. The molecule has 45 heavy (non-hydrogen) atoms. The molecule has 2 aromatic heterocycles. The van der Waals surface area contributed by atoms with E-state index in [4.69, 9.17) is 15.0 Å². The first-order valence-electron chi connectivity index (χ1n) is 15.0. The number of aromatic nitrogens is 3. The van der Waals surface area contributed by atoms with E-state index < -0.39 is 0 Å². The van der Waals surface area contributed by atoms with Crippen LogP contribution in [0.5, 0.6) is 0 Å². The van der Waals surface area contributed by atoms with Crippen LogP contribution >= 0.6 is 11.3 Å². The van der Waals surface area contributed by atoms with Crippen molar-refractivity contribution in [1.29, 1.82) is 0 Å². The summed E-state index contributed by atoms with van der Waals surface area (Å²) in [4.78, 5) is 15.2. The number of fused-ring (bicyclic) bond motifs is 5. The highest BCUT2D eigenvalue weighted by Crippen LogP contribution is 2.37. The molecule has 3 nitrogen and oxygen atoms in total. The lowest BCUT2D eigenvalue weighted by molar-refractivity contribution is 1.08. The summed E-state index contributed by atoms with van der Waals surface area (Å²) in [5, 5.41) is 7.15. The van der Waals surface area contributed by atoms with Gasteiger partial charge in [0.25, 0.3) is 0 Å². The maximum Gasteiger partial charge on any atom is 0.164 e. The Kier molecular flexibility index (Phi) is 6.00. The third-order valence-corrected chi connectivity index (χ3v) is 9.64. The first kappa shape index (κ1) is 25.8. The first-order chi connectivity index (χ1) is 22.2. The number of thiophene rings is 1. The second kappa shape index (κ2) is 10.5. The molecule has 0 N–H and O–H groups in total. The number of benzene rings is 7. The first-order valence-corrected chi connectivity index (χ1v) is 15.8. The topological polar surface area (TPSA) is 38.7 Å². The molecule has 0 aliphatic carbocycles. The van der Waals surface area contributed by atoms with Crippen molar-refractivity contribution >= 4 is 53.1 Å². The monoisotopic (exact) mass is 591 g/mol. The normalized spacial score (nSPS) is 11.6. The minimum atomic E-state index is 0.660. The predicted octanol–water partition coefficient (Wildman–Crippen LogP) is 11.2. The summed E-state index contributed by atoms with van der Waals surface area (Å²) >= 11 is 1.81. The van der Waals surface area contributed by atoms with Crippen molar-refractivity contribution < 1.29 is 0 Å². The number of hydrogen-bond acceptors (Lipinski definition) is 4. The average Bonchev–Trinajstić information content (AvgIpc) is 3.49. The number of nitrogens with zero attached hydrogens (tertiary/aromatic N) is 3. The Morgan fingerprint density at radius 1 is 0.311 bits per heavy atom. The highest BCUT2D eigenvalue weighted by molar-refractivity contribution is 7.25. The molecule has 0 fully saturated rings. The summed E-state index contributed by atoms with van der Waals surface area (Å²) in [5.74, 6) is 1.99. The van der Waals surface area contributed by atoms with E-state index in [0.29, 0.717) is 17.5 Å². The fourth-order valence-electron chi connectivity index (χ4n) is 6.15. The van der Waals surface area contributed by atoms with Gasteiger partial charge >= 0.3 is 0 Å². The molecule has 0 aliphatic heterocycles. The highest BCUT2D eigenvalue weighted by Gasteiger charge is 2.15. The van der Waals surface area contributed by atoms with Gasteiger partial charge in [0.15, 0.2) is 17.5 Å². The van der Waals surface area contributed by atoms with Crippen molar-refractivity contribution in [2.45, 2.75) is 0 Å². The summed E-state index contributed by atoms with van der Waals surface area (Å²) in [7, 11) is 0. The maximum atomic E-state index is 5.09. The van der Waals surface area contributed by atoms with Crippen LogP contribution in [0.4, 0.5) is 0 Å². The molecule has 2 heterocycles. The summed E-state index contributed by atoms with van der Waals surface area (Å²) in [6, 6.07) is 53.5. The van der Waals surface area contributed by atoms with Crippen molar-refractivity contribution in [3.8, 4) is 45.3 Å². The van der Waals surface area contributed by atoms with E-state index in [1.165, 1.54) is 42.1 Å². The van der Waals surface area contributed by atoms with Crippen molar-refractivity contribution in [2.24, 2.45) is 0 Å². The smallest absolute Gasteiger partial charge is 0.164 e. The van der Waals surface area contributed by atoms with Gasteiger partial charge in [0, 0.05) is 36.9 Å². The second-order valence-corrected chi connectivity index (χ2v) is 12.4. The molecule has 0 radical (unpaired) electrons. The van der Waals surface area contributed by atoms with Gasteiger partial charge in [-0.1, -0.05) is 109 Å². The molecular formula is C41H25N3S. The van der Waals surface area contributed by atoms with Gasteiger partial charge in [-0.2, -0.15) is 0 Å². The van der Waals surface area contributed by atoms with Gasteiger partial charge in [0.05, 0.1) is 0 Å². The molecule has 0 amide bonds. The lowest BCUT2D eigenvalue weighted by Crippen LogP contribution is -2.00. The quantitative estimate of drug-likeness (QED) is 0.204. The van der Waals surface area contributed by atoms with E-state index in [0.717, 1.165) is 27.5 Å². The molecule has 7 aromatic carbocycles. The van der Waals surface area contributed by atoms with Crippen LogP contribution in [0.1, 0.15) is 0 Å². The van der Waals surface area contributed by atoms with Crippen molar-refractivity contribution in [2.75, 3.05) is 0 Å². The molecule has 9 aromatic rings. The van der Waals surface area contributed by atoms with Crippen molar-refractivity contribution in [1.82, 2.24) is 15.0 Å². The van der Waals surface area contributed by atoms with Gasteiger partial charge in [0.2, 0.25) is 0 Å². The molecule has 0 saturated heterocycles. The largest absolute Gasteiger partial charge is 0.208 e. The zero-order valence-corrected chi connectivity index (χ0v) is 25.0. The average molecular weight is 592 g/mol. The molecule has 0 spiro atoms. The standard InChI is InChI=1S/C41H25N3S/c1-2-8-26(9-3-1)29-15-16-31-24-33(19-17-30(31)22-29)40-42-39(32-18-14-27-10-4-5-11-28(27)23-32)43-41(44-40)34-20-21-38-36(25-34)35-12-6-7-13-37(35)45-38/h1-25H.